The largest absolute Gasteiger partial charge is 0.508 e. The summed E-state index contributed by atoms with van der Waals surface area (Å²) in [5.41, 5.74) is 1.64. The van der Waals surface area contributed by atoms with Gasteiger partial charge in [-0.25, -0.2) is 0 Å². The second kappa shape index (κ2) is 8.38. The van der Waals surface area contributed by atoms with Gasteiger partial charge >= 0.3 is 0 Å². The van der Waals surface area contributed by atoms with Gasteiger partial charge in [0.25, 0.3) is 0 Å². The zero-order chi connectivity index (χ0) is 20.5. The molecule has 2 bridgehead atoms. The third-order valence-electron chi connectivity index (χ3n) is 7.25. The molecule has 7 nitrogen and oxygen atoms in total. The molecule has 2 aromatic rings. The number of nitrogens with zero attached hydrogens (tertiary/aromatic N) is 4. The molecule has 4 heterocycles. The number of carbonyl (C=O) groups is 1. The molecule has 0 spiro atoms. The summed E-state index contributed by atoms with van der Waals surface area (Å²) in [7, 11) is 0. The van der Waals surface area contributed by atoms with Gasteiger partial charge in [0.2, 0.25) is 5.91 Å². The minimum atomic E-state index is 0.135. The average molecular weight is 410 g/mol. The van der Waals surface area contributed by atoms with Crippen LogP contribution in [0.3, 0.4) is 0 Å². The first-order chi connectivity index (χ1) is 14.7. The van der Waals surface area contributed by atoms with Gasteiger partial charge in [0, 0.05) is 24.2 Å². The molecule has 1 aromatic carbocycles. The van der Waals surface area contributed by atoms with E-state index in [-0.39, 0.29) is 17.6 Å². The number of rotatable bonds is 5. The smallest absolute Gasteiger partial charge is 0.224 e. The highest BCUT2D eigenvalue weighted by Gasteiger charge is 2.43. The fourth-order valence-electron chi connectivity index (χ4n) is 5.58. The minimum absolute atomic E-state index is 0.135. The molecule has 0 radical (unpaired) electrons. The Morgan fingerprint density at radius 1 is 1.20 bits per heavy atom. The van der Waals surface area contributed by atoms with E-state index < -0.39 is 0 Å². The SMILES string of the molecule is O=C(NC1CCCCC1)[C@H]1CN2CCC1C[C@@H]2Cn1cc(-c2cccc(O)c2)nn1. The topological polar surface area (TPSA) is 83.3 Å². The van der Waals surface area contributed by atoms with Gasteiger partial charge in [0.05, 0.1) is 18.7 Å². The average Bonchev–Trinajstić information content (AvgIpc) is 3.23. The fourth-order valence-corrected chi connectivity index (χ4v) is 5.58. The lowest BCUT2D eigenvalue weighted by Gasteiger charge is -2.49. The quantitative estimate of drug-likeness (QED) is 0.793. The second-order valence-corrected chi connectivity index (χ2v) is 9.26. The lowest BCUT2D eigenvalue weighted by atomic mass is 9.75. The molecule has 1 aromatic heterocycles. The number of piperidine rings is 3. The van der Waals surface area contributed by atoms with Crippen LogP contribution in [0.2, 0.25) is 0 Å². The number of phenols is 1. The van der Waals surface area contributed by atoms with Crippen LogP contribution in [-0.2, 0) is 11.3 Å². The summed E-state index contributed by atoms with van der Waals surface area (Å²) in [6.07, 6.45) is 10.2. The zero-order valence-electron chi connectivity index (χ0n) is 17.4. The van der Waals surface area contributed by atoms with Crippen molar-refractivity contribution in [2.75, 3.05) is 13.1 Å². The third-order valence-corrected chi connectivity index (χ3v) is 7.25. The number of phenolic OH excluding ortho intramolecular Hbond substituents is 1. The van der Waals surface area contributed by atoms with E-state index in [9.17, 15) is 9.90 Å². The predicted molar refractivity (Wildman–Crippen MR) is 114 cm³/mol. The van der Waals surface area contributed by atoms with Crippen LogP contribution in [0.25, 0.3) is 11.3 Å². The summed E-state index contributed by atoms with van der Waals surface area (Å²) < 4.78 is 1.90. The number of carbonyl (C=O) groups excluding carboxylic acids is 1. The van der Waals surface area contributed by atoms with Crippen molar-refractivity contribution in [3.63, 3.8) is 0 Å². The lowest BCUT2D eigenvalue weighted by molar-refractivity contribution is -0.134. The van der Waals surface area contributed by atoms with Crippen LogP contribution in [0.15, 0.2) is 30.5 Å². The Labute approximate surface area is 177 Å². The molecule has 7 heteroatoms. The molecule has 2 unspecified atom stereocenters. The number of hydrogen-bond acceptors (Lipinski definition) is 5. The molecule has 3 aliphatic heterocycles. The highest BCUT2D eigenvalue weighted by atomic mass is 16.3. The van der Waals surface area contributed by atoms with E-state index in [1.165, 1.54) is 19.3 Å². The molecule has 6 rings (SSSR count). The maximum Gasteiger partial charge on any atom is 0.224 e. The van der Waals surface area contributed by atoms with Gasteiger partial charge < -0.3 is 10.4 Å². The van der Waals surface area contributed by atoms with Gasteiger partial charge in [-0.3, -0.25) is 14.4 Å². The fraction of sp³-hybridized carbons (Fsp3) is 0.609. The van der Waals surface area contributed by atoms with Gasteiger partial charge in [-0.05, 0) is 50.3 Å². The van der Waals surface area contributed by atoms with E-state index in [2.05, 4.69) is 20.5 Å². The Hall–Kier alpha value is -2.41. The van der Waals surface area contributed by atoms with Crippen LogP contribution in [0.1, 0.15) is 44.9 Å². The van der Waals surface area contributed by atoms with E-state index in [4.69, 9.17) is 0 Å². The molecule has 30 heavy (non-hydrogen) atoms. The normalized spacial score (nSPS) is 29.1. The molecule has 1 saturated carbocycles. The van der Waals surface area contributed by atoms with E-state index in [0.29, 0.717) is 18.0 Å². The molecule has 4 aliphatic rings. The van der Waals surface area contributed by atoms with Gasteiger partial charge in [-0.15, -0.1) is 5.10 Å². The van der Waals surface area contributed by atoms with Crippen molar-refractivity contribution in [1.82, 2.24) is 25.2 Å². The van der Waals surface area contributed by atoms with E-state index in [1.807, 2.05) is 23.0 Å². The highest BCUT2D eigenvalue weighted by Crippen LogP contribution is 2.37. The molecule has 4 atom stereocenters. The van der Waals surface area contributed by atoms with Crippen LogP contribution >= 0.6 is 0 Å². The molecule has 1 aliphatic carbocycles. The summed E-state index contributed by atoms with van der Waals surface area (Å²) in [6.45, 7) is 2.72. The molecule has 1 amide bonds. The minimum Gasteiger partial charge on any atom is -0.508 e. The van der Waals surface area contributed by atoms with Crippen LogP contribution in [0.4, 0.5) is 0 Å². The van der Waals surface area contributed by atoms with Crippen molar-refractivity contribution in [3.05, 3.63) is 30.5 Å². The Kier molecular flexibility index (Phi) is 5.46. The molecular weight excluding hydrogens is 378 g/mol. The maximum absolute atomic E-state index is 12.9. The Balaban J connectivity index is 1.20. The summed E-state index contributed by atoms with van der Waals surface area (Å²) >= 11 is 0. The van der Waals surface area contributed by atoms with Crippen molar-refractivity contribution in [3.8, 4) is 17.0 Å². The molecule has 3 saturated heterocycles. The maximum atomic E-state index is 12.9. The van der Waals surface area contributed by atoms with Crippen LogP contribution in [0.5, 0.6) is 5.75 Å². The first-order valence-corrected chi connectivity index (χ1v) is 11.4. The van der Waals surface area contributed by atoms with Crippen LogP contribution in [0, 0.1) is 11.8 Å². The number of hydrogen-bond donors (Lipinski definition) is 2. The summed E-state index contributed by atoms with van der Waals surface area (Å²) in [5.74, 6) is 1.12. The zero-order valence-corrected chi connectivity index (χ0v) is 17.4. The Bertz CT molecular complexity index is 891. The number of aromatic hydroxyl groups is 1. The molecule has 160 valence electrons. The van der Waals surface area contributed by atoms with E-state index in [1.54, 1.807) is 12.1 Å². The number of fused-ring (bicyclic) bond motifs is 3. The Morgan fingerprint density at radius 2 is 2.07 bits per heavy atom. The van der Waals surface area contributed by atoms with Crippen LogP contribution < -0.4 is 5.32 Å². The highest BCUT2D eigenvalue weighted by molar-refractivity contribution is 5.79. The van der Waals surface area contributed by atoms with E-state index >= 15 is 0 Å². The first kappa shape index (κ1) is 19.5. The standard InChI is InChI=1S/C23H31N5O2/c29-20-8-4-5-17(12-20)22-15-28(26-25-22)13-19-11-16-9-10-27(19)14-21(16)23(30)24-18-6-2-1-3-7-18/h4-5,8,12,15-16,18-19,21,29H,1-3,6-7,9-11,13-14H2,(H,24,30)/t16?,19-,21+/m1/s1. The number of nitrogens with one attached hydrogen (secondary N) is 1. The first-order valence-electron chi connectivity index (χ1n) is 11.4. The number of amides is 1. The van der Waals surface area contributed by atoms with Crippen molar-refractivity contribution in [1.29, 1.82) is 0 Å². The molecular formula is C23H31N5O2. The van der Waals surface area contributed by atoms with Crippen molar-refractivity contribution in [2.24, 2.45) is 11.8 Å². The third kappa shape index (κ3) is 4.08. The van der Waals surface area contributed by atoms with Gasteiger partial charge in [-0.1, -0.05) is 36.6 Å². The van der Waals surface area contributed by atoms with Gasteiger partial charge in [0.15, 0.2) is 0 Å². The molecule has 4 fully saturated rings. The van der Waals surface area contributed by atoms with Crippen molar-refractivity contribution < 1.29 is 9.90 Å². The van der Waals surface area contributed by atoms with Crippen molar-refractivity contribution >= 4 is 5.91 Å². The van der Waals surface area contributed by atoms with E-state index in [0.717, 1.165) is 56.6 Å². The summed E-state index contributed by atoms with van der Waals surface area (Å²) in [5, 5.41) is 21.6. The summed E-state index contributed by atoms with van der Waals surface area (Å²) in [4.78, 5) is 15.4. The summed E-state index contributed by atoms with van der Waals surface area (Å²) in [6, 6.07) is 7.89. The Morgan fingerprint density at radius 3 is 2.83 bits per heavy atom. The van der Waals surface area contributed by atoms with Gasteiger partial charge in [-0.2, -0.15) is 0 Å². The monoisotopic (exact) mass is 409 g/mol. The lowest BCUT2D eigenvalue weighted by Crippen LogP contribution is -2.58. The molecule has 2 N–H and O–H groups in total. The van der Waals surface area contributed by atoms with Crippen molar-refractivity contribution in [2.45, 2.75) is 63.6 Å². The van der Waals surface area contributed by atoms with Crippen LogP contribution in [-0.4, -0.2) is 56.1 Å². The van der Waals surface area contributed by atoms with Gasteiger partial charge in [0.1, 0.15) is 11.4 Å². The number of benzene rings is 1. The number of aromatic nitrogens is 3. The predicted octanol–water partition coefficient (Wildman–Crippen LogP) is 2.81. The second-order valence-electron chi connectivity index (χ2n) is 9.26.